The second-order valence-corrected chi connectivity index (χ2v) is 7.03. The number of nitro benzene ring substituents is 1. The summed E-state index contributed by atoms with van der Waals surface area (Å²) in [5, 5.41) is 17.8. The Morgan fingerprint density at radius 2 is 1.90 bits per heavy atom. The summed E-state index contributed by atoms with van der Waals surface area (Å²) in [5.74, 6) is -0.666. The number of urea groups is 1. The molecule has 2 heterocycles. The van der Waals surface area contributed by atoms with Crippen LogP contribution in [0.4, 0.5) is 10.5 Å². The lowest BCUT2D eigenvalue weighted by Crippen LogP contribution is -2.45. The number of hydrogen-bond acceptors (Lipinski definition) is 5. The zero-order valence-corrected chi connectivity index (χ0v) is 16.9. The van der Waals surface area contributed by atoms with Crippen molar-refractivity contribution in [1.82, 2.24) is 15.2 Å². The van der Waals surface area contributed by atoms with Gasteiger partial charge < -0.3 is 19.9 Å². The van der Waals surface area contributed by atoms with E-state index in [0.717, 1.165) is 10.9 Å². The maximum atomic E-state index is 13.0. The Bertz CT molecular complexity index is 1240. The van der Waals surface area contributed by atoms with Crippen LogP contribution in [0.1, 0.15) is 24.1 Å². The Hall–Kier alpha value is -4.14. The number of aromatic nitrogens is 1. The van der Waals surface area contributed by atoms with Crippen molar-refractivity contribution in [2.24, 2.45) is 7.05 Å². The molecule has 0 radical (unpaired) electrons. The highest BCUT2D eigenvalue weighted by atomic mass is 16.6. The number of rotatable bonds is 5. The molecule has 158 valence electrons. The zero-order valence-electron chi connectivity index (χ0n) is 16.9. The van der Waals surface area contributed by atoms with Gasteiger partial charge in [-0.15, -0.1) is 0 Å². The van der Waals surface area contributed by atoms with E-state index in [2.05, 4.69) is 10.6 Å². The molecule has 1 aliphatic rings. The molecule has 0 aliphatic carbocycles. The summed E-state index contributed by atoms with van der Waals surface area (Å²) in [6, 6.07) is 12.1. The minimum Gasteiger partial charge on any atom is -0.463 e. The number of nitrogens with one attached hydrogen (secondary N) is 2. The summed E-state index contributed by atoms with van der Waals surface area (Å²) < 4.78 is 7.17. The largest absolute Gasteiger partial charge is 0.463 e. The molecular weight excluding hydrogens is 400 g/mol. The van der Waals surface area contributed by atoms with Gasteiger partial charge in [0.25, 0.3) is 5.69 Å². The van der Waals surface area contributed by atoms with Crippen molar-refractivity contribution in [1.29, 1.82) is 0 Å². The number of aryl methyl sites for hydroxylation is 1. The summed E-state index contributed by atoms with van der Waals surface area (Å²) in [4.78, 5) is 36.7. The number of ether oxygens (including phenoxy) is 1. The third kappa shape index (κ3) is 3.50. The first-order valence-corrected chi connectivity index (χ1v) is 9.69. The number of nitrogens with zero attached hydrogens (tertiary/aromatic N) is 2. The predicted molar refractivity (Wildman–Crippen MR) is 114 cm³/mol. The van der Waals surface area contributed by atoms with Gasteiger partial charge in [-0.1, -0.05) is 30.3 Å². The molecule has 4 rings (SSSR count). The number of fused-ring (bicyclic) bond motifs is 1. The van der Waals surface area contributed by atoms with Crippen molar-refractivity contribution in [2.45, 2.75) is 13.0 Å². The Labute approximate surface area is 177 Å². The van der Waals surface area contributed by atoms with Crippen LogP contribution in [0.25, 0.3) is 16.6 Å². The molecule has 0 fully saturated rings. The number of hydrogen-bond donors (Lipinski definition) is 2. The number of nitro groups is 1. The summed E-state index contributed by atoms with van der Waals surface area (Å²) in [6.07, 6.45) is 1.83. The lowest BCUT2D eigenvalue weighted by molar-refractivity contribution is -0.385. The first-order valence-electron chi connectivity index (χ1n) is 9.69. The second kappa shape index (κ2) is 7.94. The maximum absolute atomic E-state index is 13.0. The number of para-hydroxylation sites is 2. The van der Waals surface area contributed by atoms with Crippen LogP contribution in [0.5, 0.6) is 0 Å². The molecule has 0 saturated heterocycles. The van der Waals surface area contributed by atoms with Crippen LogP contribution < -0.4 is 10.6 Å². The van der Waals surface area contributed by atoms with E-state index < -0.39 is 23.0 Å². The van der Waals surface area contributed by atoms with Crippen molar-refractivity contribution in [2.75, 3.05) is 6.61 Å². The SMILES string of the molecule is CCOC(=O)C1=C(c2ccccc2[N+](=O)[O-])NC(=O)NC1c1cn(C)c2ccccc12. The molecule has 31 heavy (non-hydrogen) atoms. The third-order valence-corrected chi connectivity index (χ3v) is 5.18. The van der Waals surface area contributed by atoms with Gasteiger partial charge in [-0.3, -0.25) is 10.1 Å². The zero-order chi connectivity index (χ0) is 22.1. The molecule has 2 amide bonds. The van der Waals surface area contributed by atoms with E-state index in [4.69, 9.17) is 4.74 Å². The van der Waals surface area contributed by atoms with Gasteiger partial charge in [0.2, 0.25) is 0 Å². The lowest BCUT2D eigenvalue weighted by Gasteiger charge is -2.29. The summed E-state index contributed by atoms with van der Waals surface area (Å²) >= 11 is 0. The average molecular weight is 420 g/mol. The summed E-state index contributed by atoms with van der Waals surface area (Å²) in [6.45, 7) is 1.79. The average Bonchev–Trinajstić information content (AvgIpc) is 3.10. The van der Waals surface area contributed by atoms with Gasteiger partial charge in [0.15, 0.2) is 0 Å². The molecule has 9 nitrogen and oxygen atoms in total. The van der Waals surface area contributed by atoms with E-state index in [1.807, 2.05) is 42.1 Å². The Morgan fingerprint density at radius 1 is 1.19 bits per heavy atom. The standard InChI is InChI=1S/C22H20N4O5/c1-3-31-21(27)18-19(14-9-5-7-11-17(14)26(29)30)23-22(28)24-20(18)15-12-25(2)16-10-6-4-8-13(15)16/h4-12,20H,3H2,1-2H3,(H2,23,24,28). The lowest BCUT2D eigenvalue weighted by atomic mass is 9.92. The monoisotopic (exact) mass is 420 g/mol. The Kier molecular flexibility index (Phi) is 5.16. The number of amides is 2. The highest BCUT2D eigenvalue weighted by molar-refractivity contribution is 6.06. The van der Waals surface area contributed by atoms with E-state index in [1.165, 1.54) is 18.2 Å². The predicted octanol–water partition coefficient (Wildman–Crippen LogP) is 3.41. The van der Waals surface area contributed by atoms with Crippen LogP contribution >= 0.6 is 0 Å². The second-order valence-electron chi connectivity index (χ2n) is 7.03. The molecule has 1 aromatic heterocycles. The molecule has 3 aromatic rings. The smallest absolute Gasteiger partial charge is 0.338 e. The fraction of sp³-hybridized carbons (Fsp3) is 0.182. The molecule has 1 unspecified atom stereocenters. The number of carbonyl (C=O) groups is 2. The van der Waals surface area contributed by atoms with Gasteiger partial charge >= 0.3 is 12.0 Å². The number of benzene rings is 2. The molecule has 2 N–H and O–H groups in total. The maximum Gasteiger partial charge on any atom is 0.338 e. The number of carbonyl (C=O) groups excluding carboxylic acids is 2. The van der Waals surface area contributed by atoms with Crippen LogP contribution in [0.2, 0.25) is 0 Å². The van der Waals surface area contributed by atoms with Crippen LogP contribution in [-0.2, 0) is 16.6 Å². The van der Waals surface area contributed by atoms with Gasteiger partial charge in [-0.2, -0.15) is 0 Å². The fourth-order valence-corrected chi connectivity index (χ4v) is 3.89. The molecular formula is C22H20N4O5. The Balaban J connectivity index is 2.01. The highest BCUT2D eigenvalue weighted by Crippen LogP contribution is 2.38. The quantitative estimate of drug-likeness (QED) is 0.373. The van der Waals surface area contributed by atoms with Gasteiger partial charge in [-0.25, -0.2) is 9.59 Å². The van der Waals surface area contributed by atoms with E-state index in [0.29, 0.717) is 5.56 Å². The van der Waals surface area contributed by atoms with E-state index in [1.54, 1.807) is 13.0 Å². The molecule has 0 bridgehead atoms. The van der Waals surface area contributed by atoms with Crippen molar-refractivity contribution >= 4 is 34.3 Å². The molecule has 9 heteroatoms. The van der Waals surface area contributed by atoms with E-state index >= 15 is 0 Å². The molecule has 1 atom stereocenters. The molecule has 0 saturated carbocycles. The van der Waals surface area contributed by atoms with Crippen molar-refractivity contribution in [3.05, 3.63) is 81.5 Å². The molecule has 0 spiro atoms. The van der Waals surface area contributed by atoms with Gasteiger partial charge in [0, 0.05) is 35.8 Å². The number of esters is 1. The topological polar surface area (TPSA) is 116 Å². The van der Waals surface area contributed by atoms with E-state index in [-0.39, 0.29) is 29.1 Å². The first-order chi connectivity index (χ1) is 14.9. The normalized spacial score (nSPS) is 16.1. The van der Waals surface area contributed by atoms with Gasteiger partial charge in [0.05, 0.1) is 34.4 Å². The van der Waals surface area contributed by atoms with Crippen LogP contribution in [-0.4, -0.2) is 28.1 Å². The van der Waals surface area contributed by atoms with Crippen LogP contribution in [0, 0.1) is 10.1 Å². The third-order valence-electron chi connectivity index (χ3n) is 5.18. The minimum absolute atomic E-state index is 0.0624. The highest BCUT2D eigenvalue weighted by Gasteiger charge is 2.37. The minimum atomic E-state index is -0.853. The molecule has 2 aromatic carbocycles. The van der Waals surface area contributed by atoms with Crippen molar-refractivity contribution in [3.8, 4) is 0 Å². The summed E-state index contributed by atoms with van der Waals surface area (Å²) in [5.41, 5.74) is 1.68. The van der Waals surface area contributed by atoms with Crippen LogP contribution in [0.3, 0.4) is 0 Å². The van der Waals surface area contributed by atoms with Crippen molar-refractivity contribution in [3.63, 3.8) is 0 Å². The van der Waals surface area contributed by atoms with Crippen molar-refractivity contribution < 1.29 is 19.2 Å². The molecule has 1 aliphatic heterocycles. The fourth-order valence-electron chi connectivity index (χ4n) is 3.89. The summed E-state index contributed by atoms with van der Waals surface area (Å²) in [7, 11) is 1.87. The van der Waals surface area contributed by atoms with E-state index in [9.17, 15) is 19.7 Å². The van der Waals surface area contributed by atoms with Gasteiger partial charge in [0.1, 0.15) is 0 Å². The van der Waals surface area contributed by atoms with Crippen LogP contribution in [0.15, 0.2) is 60.3 Å². The van der Waals surface area contributed by atoms with Gasteiger partial charge in [-0.05, 0) is 19.1 Å². The first kappa shape index (κ1) is 20.1. The Morgan fingerprint density at radius 3 is 2.65 bits per heavy atom.